The van der Waals surface area contributed by atoms with Crippen molar-refractivity contribution < 1.29 is 9.53 Å². The number of aromatic nitrogens is 3. The molecule has 6 nitrogen and oxygen atoms in total. The van der Waals surface area contributed by atoms with Crippen LogP contribution in [-0.2, 0) is 11.3 Å². The smallest absolute Gasteiger partial charge is 0.260 e. The van der Waals surface area contributed by atoms with E-state index in [2.05, 4.69) is 14.8 Å². The summed E-state index contributed by atoms with van der Waals surface area (Å²) in [4.78, 5) is 14.8. The minimum absolute atomic E-state index is 0.0296. The van der Waals surface area contributed by atoms with Gasteiger partial charge in [0.05, 0.1) is 0 Å². The standard InChI is InChI=1S/C21H25ClN4O2/c22-16-3-1-4-17(9-16)28-12-19(27)25-11-18(21(13-25)7-2-8-21)20-24-23-14-26(20)10-15-5-6-15/h1,3-4,9,14-15,18H,2,5-8,10-13H2. The van der Waals surface area contributed by atoms with Gasteiger partial charge in [-0.15, -0.1) is 10.2 Å². The molecular formula is C21H25ClN4O2. The van der Waals surface area contributed by atoms with Gasteiger partial charge in [0.15, 0.2) is 6.61 Å². The second-order valence-corrected chi connectivity index (χ2v) is 9.01. The molecule has 1 saturated heterocycles. The number of benzene rings is 1. The second-order valence-electron chi connectivity index (χ2n) is 8.57. The van der Waals surface area contributed by atoms with E-state index in [-0.39, 0.29) is 23.8 Å². The van der Waals surface area contributed by atoms with Gasteiger partial charge in [-0.1, -0.05) is 24.1 Å². The molecule has 1 aromatic heterocycles. The van der Waals surface area contributed by atoms with Crippen molar-refractivity contribution in [1.82, 2.24) is 19.7 Å². The Morgan fingerprint density at radius 1 is 1.32 bits per heavy atom. The molecule has 28 heavy (non-hydrogen) atoms. The number of hydrogen-bond donors (Lipinski definition) is 0. The first-order chi connectivity index (χ1) is 13.6. The van der Waals surface area contributed by atoms with Gasteiger partial charge in [-0.05, 0) is 55.2 Å². The summed E-state index contributed by atoms with van der Waals surface area (Å²) in [7, 11) is 0. The molecule has 0 N–H and O–H groups in total. The fourth-order valence-electron chi connectivity index (χ4n) is 4.70. The van der Waals surface area contributed by atoms with E-state index in [0.717, 1.165) is 37.7 Å². The van der Waals surface area contributed by atoms with Gasteiger partial charge in [-0.3, -0.25) is 4.79 Å². The Kier molecular flexibility index (Phi) is 4.54. The molecule has 0 bridgehead atoms. The third kappa shape index (κ3) is 3.39. The maximum absolute atomic E-state index is 12.8. The van der Waals surface area contributed by atoms with Gasteiger partial charge in [0, 0.05) is 30.6 Å². The average Bonchev–Trinajstić information content (AvgIpc) is 3.19. The van der Waals surface area contributed by atoms with E-state index < -0.39 is 0 Å². The van der Waals surface area contributed by atoms with E-state index in [4.69, 9.17) is 16.3 Å². The molecule has 2 heterocycles. The number of halogens is 1. The lowest BCUT2D eigenvalue weighted by atomic mass is 9.62. The van der Waals surface area contributed by atoms with E-state index in [9.17, 15) is 4.79 Å². The van der Waals surface area contributed by atoms with Crippen molar-refractivity contribution in [2.45, 2.75) is 44.6 Å². The predicted molar refractivity (Wildman–Crippen MR) is 105 cm³/mol. The summed E-state index contributed by atoms with van der Waals surface area (Å²) < 4.78 is 7.92. The highest BCUT2D eigenvalue weighted by molar-refractivity contribution is 6.30. The van der Waals surface area contributed by atoms with Crippen LogP contribution in [0.5, 0.6) is 5.75 Å². The number of nitrogens with zero attached hydrogens (tertiary/aromatic N) is 4. The Labute approximate surface area is 169 Å². The van der Waals surface area contributed by atoms with E-state index in [1.54, 1.807) is 12.1 Å². The minimum Gasteiger partial charge on any atom is -0.484 e. The molecule has 0 radical (unpaired) electrons. The van der Waals surface area contributed by atoms with Crippen LogP contribution < -0.4 is 4.74 Å². The van der Waals surface area contributed by atoms with Crippen LogP contribution in [-0.4, -0.2) is 45.3 Å². The zero-order valence-electron chi connectivity index (χ0n) is 15.9. The summed E-state index contributed by atoms with van der Waals surface area (Å²) >= 11 is 5.99. The Hall–Kier alpha value is -2.08. The molecule has 1 unspecified atom stereocenters. The molecule has 5 rings (SSSR count). The van der Waals surface area contributed by atoms with Crippen LogP contribution >= 0.6 is 11.6 Å². The highest BCUT2D eigenvalue weighted by atomic mass is 35.5. The zero-order chi connectivity index (χ0) is 19.1. The fraction of sp³-hybridized carbons (Fsp3) is 0.571. The number of carbonyl (C=O) groups is 1. The van der Waals surface area contributed by atoms with E-state index in [1.165, 1.54) is 19.3 Å². The molecule has 2 aromatic rings. The van der Waals surface area contributed by atoms with E-state index in [1.807, 2.05) is 23.4 Å². The molecule has 1 atom stereocenters. The van der Waals surface area contributed by atoms with Crippen molar-refractivity contribution in [1.29, 1.82) is 0 Å². The quantitative estimate of drug-likeness (QED) is 0.744. The van der Waals surface area contributed by atoms with Crippen molar-refractivity contribution >= 4 is 17.5 Å². The topological polar surface area (TPSA) is 60.2 Å². The average molecular weight is 401 g/mol. The molecule has 3 aliphatic rings. The lowest BCUT2D eigenvalue weighted by Gasteiger charge is -2.42. The molecule has 2 aliphatic carbocycles. The van der Waals surface area contributed by atoms with Crippen LogP contribution in [0.25, 0.3) is 0 Å². The summed E-state index contributed by atoms with van der Waals surface area (Å²) in [6, 6.07) is 7.17. The summed E-state index contributed by atoms with van der Waals surface area (Å²) in [6.07, 6.45) is 8.03. The Morgan fingerprint density at radius 3 is 2.89 bits per heavy atom. The summed E-state index contributed by atoms with van der Waals surface area (Å²) in [6.45, 7) is 2.56. The van der Waals surface area contributed by atoms with Crippen LogP contribution in [0.4, 0.5) is 0 Å². The fourth-order valence-corrected chi connectivity index (χ4v) is 4.88. The van der Waals surface area contributed by atoms with Crippen LogP contribution in [0.2, 0.25) is 5.02 Å². The Balaban J connectivity index is 1.28. The molecule has 7 heteroatoms. The van der Waals surface area contributed by atoms with E-state index in [0.29, 0.717) is 17.3 Å². The number of likely N-dealkylation sites (tertiary alicyclic amines) is 1. The first-order valence-corrected chi connectivity index (χ1v) is 10.5. The molecule has 148 valence electrons. The lowest BCUT2D eigenvalue weighted by Crippen LogP contribution is -2.39. The normalized spacial score (nSPS) is 23.0. The van der Waals surface area contributed by atoms with Gasteiger partial charge in [0.25, 0.3) is 5.91 Å². The number of carbonyl (C=O) groups excluding carboxylic acids is 1. The largest absolute Gasteiger partial charge is 0.484 e. The van der Waals surface area contributed by atoms with Crippen LogP contribution in [0.15, 0.2) is 30.6 Å². The van der Waals surface area contributed by atoms with Crippen molar-refractivity contribution in [3.8, 4) is 5.75 Å². The minimum atomic E-state index is 0.0296. The Morgan fingerprint density at radius 2 is 2.18 bits per heavy atom. The Bertz CT molecular complexity index is 875. The summed E-state index contributed by atoms with van der Waals surface area (Å²) in [5.74, 6) is 2.77. The summed E-state index contributed by atoms with van der Waals surface area (Å²) in [5, 5.41) is 9.29. The third-order valence-corrected chi connectivity index (χ3v) is 6.85. The van der Waals surface area contributed by atoms with Gasteiger partial charge >= 0.3 is 0 Å². The molecule has 3 fully saturated rings. The summed E-state index contributed by atoms with van der Waals surface area (Å²) in [5.41, 5.74) is 0.167. The van der Waals surface area contributed by atoms with Gasteiger partial charge in [0.1, 0.15) is 17.9 Å². The first-order valence-electron chi connectivity index (χ1n) is 10.2. The van der Waals surface area contributed by atoms with Gasteiger partial charge in [-0.2, -0.15) is 0 Å². The van der Waals surface area contributed by atoms with Crippen molar-refractivity contribution in [3.63, 3.8) is 0 Å². The van der Waals surface area contributed by atoms with Crippen molar-refractivity contribution in [2.75, 3.05) is 19.7 Å². The van der Waals surface area contributed by atoms with Gasteiger partial charge < -0.3 is 14.2 Å². The molecule has 1 amide bonds. The maximum atomic E-state index is 12.8. The number of hydrogen-bond acceptors (Lipinski definition) is 4. The van der Waals surface area contributed by atoms with Gasteiger partial charge in [0.2, 0.25) is 0 Å². The SMILES string of the molecule is O=C(COc1cccc(Cl)c1)N1CC(c2nncn2CC2CC2)C2(CCC2)C1. The van der Waals surface area contributed by atoms with Crippen molar-refractivity contribution in [2.24, 2.45) is 11.3 Å². The van der Waals surface area contributed by atoms with Crippen LogP contribution in [0, 0.1) is 11.3 Å². The monoisotopic (exact) mass is 400 g/mol. The highest BCUT2D eigenvalue weighted by Crippen LogP contribution is 2.55. The molecule has 1 spiro atoms. The molecule has 1 aromatic carbocycles. The van der Waals surface area contributed by atoms with E-state index >= 15 is 0 Å². The lowest BCUT2D eigenvalue weighted by molar-refractivity contribution is -0.133. The maximum Gasteiger partial charge on any atom is 0.260 e. The van der Waals surface area contributed by atoms with Crippen molar-refractivity contribution in [3.05, 3.63) is 41.4 Å². The second kappa shape index (κ2) is 7.07. The third-order valence-electron chi connectivity index (χ3n) is 6.62. The van der Waals surface area contributed by atoms with Crippen LogP contribution in [0.3, 0.4) is 0 Å². The molecule has 2 saturated carbocycles. The van der Waals surface area contributed by atoms with Gasteiger partial charge in [-0.25, -0.2) is 0 Å². The predicted octanol–water partition coefficient (Wildman–Crippen LogP) is 3.52. The highest BCUT2D eigenvalue weighted by Gasteiger charge is 2.53. The number of ether oxygens (including phenoxy) is 1. The number of rotatable bonds is 6. The molecule has 1 aliphatic heterocycles. The van der Waals surface area contributed by atoms with Crippen LogP contribution in [0.1, 0.15) is 43.8 Å². The first kappa shape index (κ1) is 18.0. The number of amides is 1. The molecular weight excluding hydrogens is 376 g/mol. The zero-order valence-corrected chi connectivity index (χ0v) is 16.6.